The maximum Gasteiger partial charge on any atom is 0.282 e. The fraction of sp³-hybridized carbons (Fsp3) is 0.214. The van der Waals surface area contributed by atoms with Crippen LogP contribution in [0.4, 0.5) is 5.69 Å². The van der Waals surface area contributed by atoms with Gasteiger partial charge in [-0.2, -0.15) is 0 Å². The summed E-state index contributed by atoms with van der Waals surface area (Å²) in [7, 11) is 1.54. The lowest BCUT2D eigenvalue weighted by atomic mass is 10.0. The summed E-state index contributed by atoms with van der Waals surface area (Å²) in [5.74, 6) is -0.190. The Morgan fingerprint density at radius 3 is 2.15 bits per heavy atom. The van der Waals surface area contributed by atoms with E-state index in [0.717, 1.165) is 22.3 Å². The van der Waals surface area contributed by atoms with Crippen molar-refractivity contribution < 1.29 is 14.3 Å². The van der Waals surface area contributed by atoms with Crippen LogP contribution in [0.3, 0.4) is 0 Å². The molecule has 0 bridgehead atoms. The van der Waals surface area contributed by atoms with Gasteiger partial charge < -0.3 is 9.64 Å². The number of ether oxygens (including phenoxy) is 1. The first-order valence-electron chi connectivity index (χ1n) is 11.1. The van der Waals surface area contributed by atoms with E-state index in [0.29, 0.717) is 35.8 Å². The van der Waals surface area contributed by atoms with E-state index < -0.39 is 0 Å². The minimum atomic E-state index is -0.339. The molecule has 1 aliphatic rings. The average molecular weight is 441 g/mol. The first-order valence-corrected chi connectivity index (χ1v) is 11.1. The summed E-state index contributed by atoms with van der Waals surface area (Å²) in [6.07, 6.45) is 0. The largest absolute Gasteiger partial charge is 0.495 e. The predicted octanol–water partition coefficient (Wildman–Crippen LogP) is 5.12. The Labute approximate surface area is 194 Å². The van der Waals surface area contributed by atoms with E-state index in [4.69, 9.17) is 4.74 Å². The van der Waals surface area contributed by atoms with E-state index in [2.05, 4.69) is 0 Å². The van der Waals surface area contributed by atoms with Crippen LogP contribution in [0.5, 0.6) is 5.75 Å². The maximum absolute atomic E-state index is 13.9. The Morgan fingerprint density at radius 2 is 1.52 bits per heavy atom. The Kier molecular flexibility index (Phi) is 6.31. The molecule has 0 saturated heterocycles. The van der Waals surface area contributed by atoms with Gasteiger partial charge in [0, 0.05) is 13.1 Å². The lowest BCUT2D eigenvalue weighted by Crippen LogP contribution is -2.35. The summed E-state index contributed by atoms with van der Waals surface area (Å²) < 4.78 is 5.51. The van der Waals surface area contributed by atoms with Gasteiger partial charge in [-0.05, 0) is 49.6 Å². The number of methoxy groups -OCH3 is 1. The first kappa shape index (κ1) is 22.3. The molecule has 0 unspecified atom stereocenters. The van der Waals surface area contributed by atoms with Crippen LogP contribution in [0.1, 0.15) is 29.2 Å². The quantitative estimate of drug-likeness (QED) is 0.479. The second kappa shape index (κ2) is 9.33. The molecule has 0 radical (unpaired) electrons. The van der Waals surface area contributed by atoms with Crippen LogP contribution in [0, 0.1) is 13.8 Å². The van der Waals surface area contributed by atoms with E-state index in [1.165, 1.54) is 4.90 Å². The molecule has 0 aliphatic carbocycles. The van der Waals surface area contributed by atoms with Crippen molar-refractivity contribution >= 4 is 23.1 Å². The predicted molar refractivity (Wildman–Crippen MR) is 131 cm³/mol. The number of hydrogen-bond donors (Lipinski definition) is 0. The lowest BCUT2D eigenvalue weighted by Gasteiger charge is -2.25. The van der Waals surface area contributed by atoms with Gasteiger partial charge in [-0.1, -0.05) is 66.2 Å². The number of anilines is 1. The molecule has 5 nitrogen and oxygen atoms in total. The van der Waals surface area contributed by atoms with Crippen molar-refractivity contribution in [3.05, 3.63) is 101 Å². The summed E-state index contributed by atoms with van der Waals surface area (Å²) in [5, 5.41) is 0. The van der Waals surface area contributed by atoms with E-state index >= 15 is 0 Å². The van der Waals surface area contributed by atoms with Gasteiger partial charge in [0.25, 0.3) is 11.8 Å². The van der Waals surface area contributed by atoms with E-state index in [1.807, 2.05) is 92.4 Å². The zero-order valence-electron chi connectivity index (χ0n) is 19.5. The van der Waals surface area contributed by atoms with Crippen LogP contribution in [-0.2, 0) is 16.1 Å². The van der Waals surface area contributed by atoms with Gasteiger partial charge in [0.1, 0.15) is 11.4 Å². The Bertz CT molecular complexity index is 1210. The number of carbonyl (C=O) groups is 2. The molecule has 168 valence electrons. The number of hydrogen-bond acceptors (Lipinski definition) is 4. The second-order valence-corrected chi connectivity index (χ2v) is 8.21. The van der Waals surface area contributed by atoms with E-state index in [1.54, 1.807) is 13.2 Å². The van der Waals surface area contributed by atoms with Crippen LogP contribution in [0.15, 0.2) is 78.5 Å². The normalized spacial score (nSPS) is 13.6. The zero-order chi connectivity index (χ0) is 23.5. The summed E-state index contributed by atoms with van der Waals surface area (Å²) in [6, 6.07) is 23.2. The third-order valence-electron chi connectivity index (χ3n) is 5.89. The SMILES string of the molecule is CCN(Cc1ccccc1)C1=C(c2ccc(C)cc2)C(=O)N(c2cc(C)ccc2OC)C1=O. The van der Waals surface area contributed by atoms with Crippen molar-refractivity contribution in [1.29, 1.82) is 0 Å². The molecule has 5 heteroatoms. The fourth-order valence-corrected chi connectivity index (χ4v) is 4.14. The van der Waals surface area contributed by atoms with Crippen molar-refractivity contribution in [2.24, 2.45) is 0 Å². The molecule has 0 aromatic heterocycles. The number of aryl methyl sites for hydroxylation is 2. The fourth-order valence-electron chi connectivity index (χ4n) is 4.14. The van der Waals surface area contributed by atoms with Gasteiger partial charge in [0.15, 0.2) is 0 Å². The van der Waals surface area contributed by atoms with Gasteiger partial charge >= 0.3 is 0 Å². The lowest BCUT2D eigenvalue weighted by molar-refractivity contribution is -0.120. The molecular weight excluding hydrogens is 412 g/mol. The highest BCUT2D eigenvalue weighted by molar-refractivity contribution is 6.45. The Hall–Kier alpha value is -3.86. The van der Waals surface area contributed by atoms with Gasteiger partial charge in [-0.3, -0.25) is 9.59 Å². The molecule has 33 heavy (non-hydrogen) atoms. The molecule has 0 fully saturated rings. The summed E-state index contributed by atoms with van der Waals surface area (Å²) in [4.78, 5) is 30.9. The van der Waals surface area contributed by atoms with Crippen LogP contribution >= 0.6 is 0 Å². The summed E-state index contributed by atoms with van der Waals surface area (Å²) in [5.41, 5.74) is 5.12. The number of imide groups is 1. The summed E-state index contributed by atoms with van der Waals surface area (Å²) in [6.45, 7) is 7.03. The Balaban J connectivity index is 1.86. The third-order valence-corrected chi connectivity index (χ3v) is 5.89. The van der Waals surface area contributed by atoms with Crippen LogP contribution < -0.4 is 9.64 Å². The maximum atomic E-state index is 13.9. The highest BCUT2D eigenvalue weighted by Crippen LogP contribution is 2.39. The van der Waals surface area contributed by atoms with Crippen LogP contribution in [0.2, 0.25) is 0 Å². The highest BCUT2D eigenvalue weighted by atomic mass is 16.5. The number of likely N-dealkylation sites (N-methyl/N-ethyl adjacent to an activating group) is 1. The van der Waals surface area contributed by atoms with Crippen molar-refractivity contribution in [2.75, 3.05) is 18.6 Å². The average Bonchev–Trinajstić information content (AvgIpc) is 3.08. The standard InChI is InChI=1S/C28H28N2O3/c1-5-29(18-21-9-7-6-8-10-21)26-25(22-14-11-19(2)12-15-22)27(31)30(28(26)32)23-17-20(3)13-16-24(23)33-4/h6-17H,5,18H2,1-4H3. The molecule has 3 aromatic carbocycles. The highest BCUT2D eigenvalue weighted by Gasteiger charge is 2.43. The van der Waals surface area contributed by atoms with Gasteiger partial charge in [0.2, 0.25) is 0 Å². The van der Waals surface area contributed by atoms with Gasteiger partial charge in [-0.25, -0.2) is 4.90 Å². The molecular formula is C28H28N2O3. The number of amides is 2. The Morgan fingerprint density at radius 1 is 0.848 bits per heavy atom. The van der Waals surface area contributed by atoms with Crippen molar-refractivity contribution in [3.63, 3.8) is 0 Å². The summed E-state index contributed by atoms with van der Waals surface area (Å²) >= 11 is 0. The second-order valence-electron chi connectivity index (χ2n) is 8.21. The van der Waals surface area contributed by atoms with Crippen molar-refractivity contribution in [3.8, 4) is 5.75 Å². The van der Waals surface area contributed by atoms with Crippen LogP contribution in [0.25, 0.3) is 5.57 Å². The number of carbonyl (C=O) groups excluding carboxylic acids is 2. The van der Waals surface area contributed by atoms with Crippen molar-refractivity contribution in [1.82, 2.24) is 4.90 Å². The van der Waals surface area contributed by atoms with Gasteiger partial charge in [0.05, 0.1) is 18.4 Å². The molecule has 0 atom stereocenters. The molecule has 4 rings (SSSR count). The first-order chi connectivity index (χ1) is 15.9. The van der Waals surface area contributed by atoms with Crippen LogP contribution in [-0.4, -0.2) is 30.4 Å². The number of benzene rings is 3. The third kappa shape index (κ3) is 4.27. The van der Waals surface area contributed by atoms with E-state index in [9.17, 15) is 9.59 Å². The molecule has 1 heterocycles. The number of rotatable bonds is 7. The molecule has 1 aliphatic heterocycles. The molecule has 0 spiro atoms. The van der Waals surface area contributed by atoms with Crippen molar-refractivity contribution in [2.45, 2.75) is 27.3 Å². The molecule has 2 amide bonds. The minimum absolute atomic E-state index is 0.336. The monoisotopic (exact) mass is 440 g/mol. The smallest absolute Gasteiger partial charge is 0.282 e. The molecule has 0 N–H and O–H groups in total. The van der Waals surface area contributed by atoms with E-state index in [-0.39, 0.29) is 11.8 Å². The number of nitrogens with zero attached hydrogens (tertiary/aromatic N) is 2. The molecule has 3 aromatic rings. The molecule has 0 saturated carbocycles. The minimum Gasteiger partial charge on any atom is -0.495 e. The zero-order valence-corrected chi connectivity index (χ0v) is 19.5. The topological polar surface area (TPSA) is 49.9 Å². The van der Waals surface area contributed by atoms with Gasteiger partial charge in [-0.15, -0.1) is 0 Å².